The number of aliphatic imine (C=N–C) groups is 1. The summed E-state index contributed by atoms with van der Waals surface area (Å²) in [6.07, 6.45) is -3.29. The van der Waals surface area contributed by atoms with Gasteiger partial charge in [-0.1, -0.05) is 24.3 Å². The Morgan fingerprint density at radius 1 is 1.22 bits per heavy atom. The summed E-state index contributed by atoms with van der Waals surface area (Å²) in [4.78, 5) is 27.7. The molecular weight excluding hydrogens is 533 g/mol. The largest absolute Gasteiger partial charge is 0.490 e. The van der Waals surface area contributed by atoms with Gasteiger partial charge in [0, 0.05) is 37.5 Å². The van der Waals surface area contributed by atoms with Gasteiger partial charge in [-0.3, -0.25) is 9.79 Å². The van der Waals surface area contributed by atoms with Gasteiger partial charge in [-0.05, 0) is 36.4 Å². The second-order valence-electron chi connectivity index (χ2n) is 8.04. The summed E-state index contributed by atoms with van der Waals surface area (Å²) in [6.45, 7) is 2.85. The lowest BCUT2D eigenvalue weighted by Gasteiger charge is -2.17. The van der Waals surface area contributed by atoms with Crippen LogP contribution in [-0.4, -0.2) is 81.4 Å². The fraction of sp³-hybridized carbons (Fsp3) is 0.435. The highest BCUT2D eigenvalue weighted by atomic mass is 32.2. The number of hydrogen-bond acceptors (Lipinski definition) is 8. The minimum atomic E-state index is -5.08. The molecule has 0 fully saturated rings. The van der Waals surface area contributed by atoms with Crippen molar-refractivity contribution in [1.82, 2.24) is 15.5 Å². The number of carboxylic acids is 1. The smallest absolute Gasteiger partial charge is 0.475 e. The van der Waals surface area contributed by atoms with E-state index < -0.39 is 22.0 Å². The van der Waals surface area contributed by atoms with Gasteiger partial charge in [-0.2, -0.15) is 24.5 Å². The fourth-order valence-electron chi connectivity index (χ4n) is 3.12. The van der Waals surface area contributed by atoms with Crippen LogP contribution in [-0.2, 0) is 25.8 Å². The molecule has 1 aliphatic rings. The number of carbonyl (C=O) groups excluding carboxylic acids is 1. The first kappa shape index (κ1) is 30.3. The molecule has 2 aromatic rings. The van der Waals surface area contributed by atoms with Crippen LogP contribution in [0.2, 0.25) is 0 Å². The minimum Gasteiger partial charge on any atom is -0.475 e. The number of sulfone groups is 1. The molecular formula is C23H29F3N4O5S2. The summed E-state index contributed by atoms with van der Waals surface area (Å²) >= 11 is 1.36. The monoisotopic (exact) mass is 562 g/mol. The average molecular weight is 563 g/mol. The number of rotatable bonds is 11. The number of likely N-dealkylation sites (N-methyl/N-ethyl adjacent to an activating group) is 1. The van der Waals surface area contributed by atoms with E-state index in [2.05, 4.69) is 39.9 Å². The third kappa shape index (κ3) is 10.5. The lowest BCUT2D eigenvalue weighted by atomic mass is 10.1. The lowest BCUT2D eigenvalue weighted by molar-refractivity contribution is -0.192. The van der Waals surface area contributed by atoms with E-state index in [1.54, 1.807) is 21.7 Å². The maximum Gasteiger partial charge on any atom is 0.490 e. The molecule has 0 atom stereocenters. The van der Waals surface area contributed by atoms with Crippen LogP contribution in [0.25, 0.3) is 0 Å². The molecule has 9 nitrogen and oxygen atoms in total. The van der Waals surface area contributed by atoms with Crippen LogP contribution in [0, 0.1) is 0 Å². The maximum absolute atomic E-state index is 12.3. The first-order valence-electron chi connectivity index (χ1n) is 11.3. The van der Waals surface area contributed by atoms with Crippen LogP contribution < -0.4 is 10.6 Å². The van der Waals surface area contributed by atoms with E-state index in [4.69, 9.17) is 9.90 Å². The zero-order valence-electron chi connectivity index (χ0n) is 20.1. The number of amides is 1. The zero-order valence-corrected chi connectivity index (χ0v) is 21.8. The Morgan fingerprint density at radius 3 is 2.43 bits per heavy atom. The van der Waals surface area contributed by atoms with Crippen LogP contribution in [0.3, 0.4) is 0 Å². The van der Waals surface area contributed by atoms with E-state index in [0.717, 1.165) is 30.9 Å². The number of amidine groups is 1. The summed E-state index contributed by atoms with van der Waals surface area (Å²) in [5.74, 6) is -1.84. The molecule has 204 valence electrons. The molecule has 1 aromatic carbocycles. The number of benzene rings is 1. The van der Waals surface area contributed by atoms with Gasteiger partial charge in [-0.25, -0.2) is 13.2 Å². The summed E-state index contributed by atoms with van der Waals surface area (Å²) in [5.41, 5.74) is 2.27. The highest BCUT2D eigenvalue weighted by Crippen LogP contribution is 2.14. The topological polar surface area (TPSA) is 128 Å². The molecule has 0 saturated carbocycles. The Kier molecular flexibility index (Phi) is 11.5. The molecule has 0 unspecified atom stereocenters. The molecule has 0 aliphatic carbocycles. The molecule has 1 aromatic heterocycles. The van der Waals surface area contributed by atoms with Crippen molar-refractivity contribution < 1.29 is 36.3 Å². The Labute approximate surface area is 217 Å². The third-order valence-electron chi connectivity index (χ3n) is 5.20. The number of aliphatic carboxylic acids is 1. The number of carboxylic acid groups (broad SMARTS) is 1. The Morgan fingerprint density at radius 2 is 1.89 bits per heavy atom. The van der Waals surface area contributed by atoms with E-state index in [9.17, 15) is 26.4 Å². The number of alkyl halides is 3. The van der Waals surface area contributed by atoms with Crippen molar-refractivity contribution in [2.75, 3.05) is 39.1 Å². The molecule has 37 heavy (non-hydrogen) atoms. The third-order valence-corrected chi connectivity index (χ3v) is 7.58. The van der Waals surface area contributed by atoms with Crippen LogP contribution >= 0.6 is 11.3 Å². The second kappa shape index (κ2) is 14.1. The molecule has 3 N–H and O–H groups in total. The summed E-state index contributed by atoms with van der Waals surface area (Å²) < 4.78 is 55.9. The molecule has 3 rings (SSSR count). The van der Waals surface area contributed by atoms with E-state index in [1.807, 2.05) is 7.05 Å². The predicted molar refractivity (Wildman–Crippen MR) is 134 cm³/mol. The van der Waals surface area contributed by atoms with E-state index in [1.165, 1.54) is 16.9 Å². The Hall–Kier alpha value is -2.97. The highest BCUT2D eigenvalue weighted by Gasteiger charge is 2.38. The molecule has 0 bridgehead atoms. The normalized spacial score (nSPS) is 13.2. The van der Waals surface area contributed by atoms with E-state index in [0.29, 0.717) is 30.8 Å². The SMILES string of the molecule is CN(CCc1ccc(C2=NCCN2)cc1)C(=O)CCCNCS(=O)(=O)c1ccsc1.O=C(O)C(F)(F)F. The van der Waals surface area contributed by atoms with Crippen LogP contribution in [0.4, 0.5) is 13.2 Å². The van der Waals surface area contributed by atoms with Gasteiger partial charge in [0.25, 0.3) is 0 Å². The second-order valence-corrected chi connectivity index (χ2v) is 10.8. The number of halogens is 3. The van der Waals surface area contributed by atoms with Crippen molar-refractivity contribution in [3.63, 3.8) is 0 Å². The van der Waals surface area contributed by atoms with Crippen molar-refractivity contribution in [2.24, 2.45) is 4.99 Å². The molecule has 2 heterocycles. The fourth-order valence-corrected chi connectivity index (χ4v) is 5.33. The van der Waals surface area contributed by atoms with Gasteiger partial charge in [0.05, 0.1) is 11.4 Å². The quantitative estimate of drug-likeness (QED) is 0.359. The first-order valence-corrected chi connectivity index (χ1v) is 13.9. The van der Waals surface area contributed by atoms with Crippen LogP contribution in [0.15, 0.2) is 51.0 Å². The number of hydrogen-bond donors (Lipinski definition) is 3. The van der Waals surface area contributed by atoms with Crippen LogP contribution in [0.5, 0.6) is 0 Å². The highest BCUT2D eigenvalue weighted by molar-refractivity contribution is 7.91. The van der Waals surface area contributed by atoms with Gasteiger partial charge in [0.15, 0.2) is 9.84 Å². The Bertz CT molecular complexity index is 1150. The summed E-state index contributed by atoms with van der Waals surface area (Å²) in [5, 5.41) is 16.7. The average Bonchev–Trinajstić information content (AvgIpc) is 3.57. The lowest BCUT2D eigenvalue weighted by Crippen LogP contribution is -2.30. The first-order chi connectivity index (χ1) is 17.4. The molecule has 1 amide bonds. The van der Waals surface area contributed by atoms with Gasteiger partial charge in [-0.15, -0.1) is 0 Å². The number of thiophene rings is 1. The van der Waals surface area contributed by atoms with E-state index in [-0.39, 0.29) is 11.8 Å². The van der Waals surface area contributed by atoms with Crippen molar-refractivity contribution in [3.8, 4) is 0 Å². The molecule has 14 heteroatoms. The van der Waals surface area contributed by atoms with Crippen molar-refractivity contribution in [2.45, 2.75) is 30.3 Å². The summed E-state index contributed by atoms with van der Waals surface area (Å²) in [7, 11) is -1.48. The number of nitrogens with zero attached hydrogens (tertiary/aromatic N) is 2. The van der Waals surface area contributed by atoms with Gasteiger partial charge in [0.2, 0.25) is 5.91 Å². The van der Waals surface area contributed by atoms with E-state index >= 15 is 0 Å². The minimum absolute atomic E-state index is 0.0682. The standard InChI is InChI=1S/C21H28N4O3S2.C2HF3O2/c1-25(13-8-17-4-6-18(7-5-17)21-23-11-12-24-21)20(26)3-2-10-22-16-30(27,28)19-9-14-29-15-19;3-2(4,5)1(6)7/h4-7,9,14-15,22H,2-3,8,10-13,16H2,1H3,(H,23,24);(H,6,7). The molecule has 0 spiro atoms. The van der Waals surface area contributed by atoms with Crippen molar-refractivity contribution in [1.29, 1.82) is 0 Å². The zero-order chi connectivity index (χ0) is 27.5. The number of carbonyl (C=O) groups is 2. The molecule has 0 saturated heterocycles. The van der Waals surface area contributed by atoms with Gasteiger partial charge in [0.1, 0.15) is 11.7 Å². The predicted octanol–water partition coefficient (Wildman–Crippen LogP) is 2.53. The Balaban J connectivity index is 0.000000604. The summed E-state index contributed by atoms with van der Waals surface area (Å²) in [6, 6.07) is 9.88. The van der Waals surface area contributed by atoms with Crippen molar-refractivity contribution in [3.05, 3.63) is 52.2 Å². The van der Waals surface area contributed by atoms with Crippen LogP contribution in [0.1, 0.15) is 24.0 Å². The molecule has 1 aliphatic heterocycles. The molecule has 0 radical (unpaired) electrons. The maximum atomic E-state index is 12.3. The van der Waals surface area contributed by atoms with Gasteiger partial charge < -0.3 is 20.6 Å². The van der Waals surface area contributed by atoms with Gasteiger partial charge >= 0.3 is 12.1 Å². The van der Waals surface area contributed by atoms with Crippen molar-refractivity contribution >= 4 is 38.9 Å². The number of nitrogens with one attached hydrogen (secondary N) is 2.